The lowest BCUT2D eigenvalue weighted by Crippen LogP contribution is -2.30. The zero-order valence-corrected chi connectivity index (χ0v) is 11.8. The molecule has 0 amide bonds. The summed E-state index contributed by atoms with van der Waals surface area (Å²) in [6.45, 7) is 6.51. The van der Waals surface area contributed by atoms with Gasteiger partial charge in [-0.15, -0.1) is 5.10 Å². The van der Waals surface area contributed by atoms with Crippen LogP contribution < -0.4 is 0 Å². The minimum Gasteiger partial charge on any atom is -0.481 e. The van der Waals surface area contributed by atoms with Crippen molar-refractivity contribution in [1.29, 1.82) is 0 Å². The zero-order chi connectivity index (χ0) is 14.0. The van der Waals surface area contributed by atoms with E-state index in [-0.39, 0.29) is 5.41 Å². The van der Waals surface area contributed by atoms with Crippen molar-refractivity contribution in [3.63, 3.8) is 0 Å². The van der Waals surface area contributed by atoms with E-state index in [1.165, 1.54) is 19.3 Å². The van der Waals surface area contributed by atoms with Gasteiger partial charge in [0.25, 0.3) is 0 Å². The highest BCUT2D eigenvalue weighted by molar-refractivity contribution is 5.69. The molecule has 0 spiro atoms. The summed E-state index contributed by atoms with van der Waals surface area (Å²) in [5, 5.41) is 20.9. The number of rotatable bonds is 4. The topological polar surface area (TPSA) is 80.9 Å². The predicted octanol–water partition coefficient (Wildman–Crippen LogP) is 2.08. The summed E-state index contributed by atoms with van der Waals surface area (Å²) in [5.41, 5.74) is 0.178. The highest BCUT2D eigenvalue weighted by Gasteiger charge is 2.37. The summed E-state index contributed by atoms with van der Waals surface area (Å²) in [4.78, 5) is 11.0. The van der Waals surface area contributed by atoms with E-state index < -0.39 is 11.9 Å². The molecule has 1 aromatic rings. The van der Waals surface area contributed by atoms with Crippen molar-refractivity contribution in [2.75, 3.05) is 0 Å². The van der Waals surface area contributed by atoms with E-state index in [2.05, 4.69) is 29.4 Å². The summed E-state index contributed by atoms with van der Waals surface area (Å²) in [6.07, 6.45) is 4.68. The van der Waals surface area contributed by atoms with Crippen LogP contribution in [0.1, 0.15) is 58.2 Å². The Bertz CT molecular complexity index is 455. The van der Waals surface area contributed by atoms with Gasteiger partial charge in [-0.3, -0.25) is 4.79 Å². The van der Waals surface area contributed by atoms with Crippen molar-refractivity contribution in [1.82, 2.24) is 20.2 Å². The van der Waals surface area contributed by atoms with Crippen molar-refractivity contribution in [3.05, 3.63) is 5.82 Å². The average molecular weight is 266 g/mol. The van der Waals surface area contributed by atoms with Crippen LogP contribution in [-0.2, 0) is 11.3 Å². The summed E-state index contributed by atoms with van der Waals surface area (Å²) in [6, 6.07) is 0. The van der Waals surface area contributed by atoms with E-state index in [1.807, 2.05) is 0 Å². The molecule has 6 nitrogen and oxygen atoms in total. The Balaban J connectivity index is 2.21. The van der Waals surface area contributed by atoms with Crippen LogP contribution in [0.2, 0.25) is 0 Å². The molecule has 106 valence electrons. The SMILES string of the molecule is CC(Cn1nnnc1C1CCCCC1(C)C)C(=O)O. The van der Waals surface area contributed by atoms with Crippen LogP contribution in [0.5, 0.6) is 0 Å². The molecule has 2 rings (SSSR count). The van der Waals surface area contributed by atoms with Crippen LogP contribution >= 0.6 is 0 Å². The van der Waals surface area contributed by atoms with Gasteiger partial charge in [-0.05, 0) is 28.7 Å². The van der Waals surface area contributed by atoms with Gasteiger partial charge in [-0.2, -0.15) is 0 Å². The van der Waals surface area contributed by atoms with Crippen LogP contribution in [0.25, 0.3) is 0 Å². The molecule has 2 atom stereocenters. The smallest absolute Gasteiger partial charge is 0.308 e. The molecule has 1 saturated carbocycles. The molecular weight excluding hydrogens is 244 g/mol. The highest BCUT2D eigenvalue weighted by Crippen LogP contribution is 2.45. The van der Waals surface area contributed by atoms with Crippen LogP contribution in [0.4, 0.5) is 0 Å². The second kappa shape index (κ2) is 5.27. The highest BCUT2D eigenvalue weighted by atomic mass is 16.4. The monoisotopic (exact) mass is 266 g/mol. The molecule has 1 fully saturated rings. The van der Waals surface area contributed by atoms with Gasteiger partial charge in [-0.25, -0.2) is 4.68 Å². The number of carbonyl (C=O) groups is 1. The number of aromatic nitrogens is 4. The maximum Gasteiger partial charge on any atom is 0.308 e. The standard InChI is InChI=1S/C13H22N4O2/c1-9(12(18)19)8-17-11(14-15-16-17)10-6-4-5-7-13(10,2)3/h9-10H,4-8H2,1-3H3,(H,18,19). The van der Waals surface area contributed by atoms with E-state index in [4.69, 9.17) is 5.11 Å². The largest absolute Gasteiger partial charge is 0.481 e. The normalized spacial score (nSPS) is 24.1. The Morgan fingerprint density at radius 2 is 2.26 bits per heavy atom. The number of hydrogen-bond donors (Lipinski definition) is 1. The Kier molecular flexibility index (Phi) is 3.87. The van der Waals surface area contributed by atoms with Crippen LogP contribution in [0.3, 0.4) is 0 Å². The van der Waals surface area contributed by atoms with Gasteiger partial charge in [0, 0.05) is 5.92 Å². The van der Waals surface area contributed by atoms with Crippen molar-refractivity contribution in [2.45, 2.75) is 58.9 Å². The Morgan fingerprint density at radius 1 is 1.53 bits per heavy atom. The first-order chi connectivity index (χ1) is 8.92. The van der Waals surface area contributed by atoms with Gasteiger partial charge in [-0.1, -0.05) is 33.6 Å². The molecule has 1 aliphatic carbocycles. The fourth-order valence-corrected chi connectivity index (χ4v) is 2.90. The van der Waals surface area contributed by atoms with Crippen LogP contribution in [0, 0.1) is 11.3 Å². The third-order valence-corrected chi connectivity index (χ3v) is 4.25. The first-order valence-corrected chi connectivity index (χ1v) is 6.90. The minimum absolute atomic E-state index is 0.178. The van der Waals surface area contributed by atoms with Gasteiger partial charge < -0.3 is 5.11 Å². The lowest BCUT2D eigenvalue weighted by atomic mass is 9.68. The van der Waals surface area contributed by atoms with E-state index in [9.17, 15) is 4.79 Å². The van der Waals surface area contributed by atoms with Gasteiger partial charge in [0.2, 0.25) is 0 Å². The molecular formula is C13H22N4O2. The van der Waals surface area contributed by atoms with Gasteiger partial charge in [0.05, 0.1) is 12.5 Å². The molecule has 6 heteroatoms. The molecule has 0 aromatic carbocycles. The molecule has 0 bridgehead atoms. The molecule has 1 aromatic heterocycles. The molecule has 19 heavy (non-hydrogen) atoms. The fourth-order valence-electron chi connectivity index (χ4n) is 2.90. The number of tetrazole rings is 1. The minimum atomic E-state index is -0.815. The Hall–Kier alpha value is -1.46. The van der Waals surface area contributed by atoms with Crippen LogP contribution in [0.15, 0.2) is 0 Å². The first kappa shape index (κ1) is 14.0. The van der Waals surface area contributed by atoms with E-state index in [1.54, 1.807) is 11.6 Å². The number of hydrogen-bond acceptors (Lipinski definition) is 4. The van der Waals surface area contributed by atoms with Crippen molar-refractivity contribution < 1.29 is 9.90 Å². The van der Waals surface area contributed by atoms with Crippen molar-refractivity contribution in [3.8, 4) is 0 Å². The summed E-state index contributed by atoms with van der Waals surface area (Å²) in [7, 11) is 0. The summed E-state index contributed by atoms with van der Waals surface area (Å²) in [5.74, 6) is -0.131. The van der Waals surface area contributed by atoms with Gasteiger partial charge in [0.1, 0.15) is 0 Å². The maximum absolute atomic E-state index is 11.0. The molecule has 0 radical (unpaired) electrons. The van der Waals surface area contributed by atoms with Crippen LogP contribution in [-0.4, -0.2) is 31.3 Å². The summed E-state index contributed by atoms with van der Waals surface area (Å²) >= 11 is 0. The zero-order valence-electron chi connectivity index (χ0n) is 11.8. The van der Waals surface area contributed by atoms with Gasteiger partial charge >= 0.3 is 5.97 Å². The molecule has 1 aliphatic rings. The van der Waals surface area contributed by atoms with E-state index >= 15 is 0 Å². The number of aliphatic carboxylic acids is 1. The number of carboxylic acid groups (broad SMARTS) is 1. The molecule has 0 saturated heterocycles. The average Bonchev–Trinajstić information content (AvgIpc) is 2.76. The fraction of sp³-hybridized carbons (Fsp3) is 0.846. The Labute approximate surface area is 113 Å². The third kappa shape index (κ3) is 2.93. The van der Waals surface area contributed by atoms with E-state index in [0.29, 0.717) is 12.5 Å². The quantitative estimate of drug-likeness (QED) is 0.902. The van der Waals surface area contributed by atoms with Gasteiger partial charge in [0.15, 0.2) is 5.82 Å². The van der Waals surface area contributed by atoms with E-state index in [0.717, 1.165) is 12.2 Å². The predicted molar refractivity (Wildman–Crippen MR) is 69.6 cm³/mol. The van der Waals surface area contributed by atoms with Crippen molar-refractivity contribution >= 4 is 5.97 Å². The Morgan fingerprint density at radius 3 is 2.89 bits per heavy atom. The molecule has 1 heterocycles. The second-order valence-corrected chi connectivity index (χ2v) is 6.25. The third-order valence-electron chi connectivity index (χ3n) is 4.25. The lowest BCUT2D eigenvalue weighted by Gasteiger charge is -2.37. The molecule has 1 N–H and O–H groups in total. The first-order valence-electron chi connectivity index (χ1n) is 6.90. The molecule has 2 unspecified atom stereocenters. The van der Waals surface area contributed by atoms with Crippen molar-refractivity contribution in [2.24, 2.45) is 11.3 Å². The number of carboxylic acids is 1. The lowest BCUT2D eigenvalue weighted by molar-refractivity contribution is -0.141. The summed E-state index contributed by atoms with van der Waals surface area (Å²) < 4.78 is 1.68. The maximum atomic E-state index is 11.0. The number of nitrogens with zero attached hydrogens (tertiary/aromatic N) is 4. The second-order valence-electron chi connectivity index (χ2n) is 6.25. The molecule has 0 aliphatic heterocycles.